The number of rotatable bonds is 6. The van der Waals surface area contributed by atoms with Crippen LogP contribution in [-0.2, 0) is 10.0 Å². The van der Waals surface area contributed by atoms with E-state index in [9.17, 15) is 13.2 Å². The molecule has 0 saturated heterocycles. The summed E-state index contributed by atoms with van der Waals surface area (Å²) in [6, 6.07) is 3.51. The van der Waals surface area contributed by atoms with Gasteiger partial charge in [0.05, 0.1) is 11.8 Å². The van der Waals surface area contributed by atoms with E-state index >= 15 is 0 Å². The molecule has 1 atom stereocenters. The number of nitrogens with one attached hydrogen (secondary N) is 1. The molecule has 35 heavy (non-hydrogen) atoms. The maximum Gasteiger partial charge on any atom is 2.00 e. The molecule has 2 aliphatic rings. The van der Waals surface area contributed by atoms with Crippen molar-refractivity contribution in [2.24, 2.45) is 5.92 Å². The van der Waals surface area contributed by atoms with E-state index in [0.29, 0.717) is 11.5 Å². The van der Waals surface area contributed by atoms with Gasteiger partial charge in [-0.3, -0.25) is 14.8 Å². The summed E-state index contributed by atoms with van der Waals surface area (Å²) in [6.45, 7) is 1.66. The monoisotopic (exact) mass is 703 g/mol. The van der Waals surface area contributed by atoms with Gasteiger partial charge < -0.3 is 23.4 Å². The van der Waals surface area contributed by atoms with Crippen LogP contribution in [0.2, 0.25) is 0 Å². The molecule has 0 aromatic carbocycles. The average molecular weight is 707 g/mol. The van der Waals surface area contributed by atoms with Gasteiger partial charge in [-0.2, -0.15) is 12.8 Å². The van der Waals surface area contributed by atoms with Gasteiger partial charge in [-0.1, -0.05) is 25.7 Å². The Balaban J connectivity index is 0.000000599. The molecule has 4 rings (SSSR count). The number of aromatic nitrogens is 2. The van der Waals surface area contributed by atoms with Gasteiger partial charge in [-0.05, 0) is 75.2 Å². The van der Waals surface area contributed by atoms with Crippen LogP contribution >= 0.6 is 31.9 Å². The van der Waals surface area contributed by atoms with Crippen molar-refractivity contribution in [1.29, 1.82) is 0 Å². The van der Waals surface area contributed by atoms with Crippen molar-refractivity contribution in [1.82, 2.24) is 14.7 Å². The summed E-state index contributed by atoms with van der Waals surface area (Å²) < 4.78 is 28.3. The predicted molar refractivity (Wildman–Crippen MR) is 145 cm³/mol. The number of hydrogen-bond acceptors (Lipinski definition) is 5. The first-order valence-corrected chi connectivity index (χ1v) is 14.6. The van der Waals surface area contributed by atoms with Gasteiger partial charge in [0.15, 0.2) is 6.29 Å². The third-order valence-corrected chi connectivity index (χ3v) is 7.81. The van der Waals surface area contributed by atoms with Gasteiger partial charge in [0, 0.05) is 39.3 Å². The molecule has 0 spiro atoms. The zero-order valence-corrected chi connectivity index (χ0v) is 27.0. The van der Waals surface area contributed by atoms with E-state index in [4.69, 9.17) is 0 Å². The second-order valence-electron chi connectivity index (χ2n) is 8.11. The summed E-state index contributed by atoms with van der Waals surface area (Å²) in [5, 5.41) is 0. The quantitative estimate of drug-likeness (QED) is 0.284. The Morgan fingerprint density at radius 1 is 1.03 bits per heavy atom. The molecule has 11 heteroatoms. The SMILES string of the molecule is CCS(=O)(=O)NC(c1cncc(Br)c1)C1CCCC1.O=Cc1cncc(Br)c1.[Br-].[CH-]1CCCC1.[Mg+2]. The van der Waals surface area contributed by atoms with Gasteiger partial charge in [-0.15, -0.1) is 0 Å². The van der Waals surface area contributed by atoms with E-state index in [-0.39, 0.29) is 51.8 Å². The molecule has 2 heterocycles. The number of carbonyl (C=O) groups excluding carboxylic acids is 1. The summed E-state index contributed by atoms with van der Waals surface area (Å²) in [5.74, 6) is 0.481. The molecule has 0 amide bonds. The molecule has 1 unspecified atom stereocenters. The van der Waals surface area contributed by atoms with Crippen molar-refractivity contribution in [3.8, 4) is 0 Å². The molecular formula is C24H32Br3MgN3O3S. The third-order valence-electron chi connectivity index (χ3n) is 5.57. The Kier molecular flexibility index (Phi) is 19.2. The first kappa shape index (κ1) is 35.1. The predicted octanol–water partition coefficient (Wildman–Crippen LogP) is 3.06. The van der Waals surface area contributed by atoms with Crippen molar-refractivity contribution in [3.05, 3.63) is 63.4 Å². The van der Waals surface area contributed by atoms with Crippen LogP contribution in [0.4, 0.5) is 0 Å². The fourth-order valence-corrected chi connectivity index (χ4v) is 5.46. The van der Waals surface area contributed by atoms with Gasteiger partial charge >= 0.3 is 23.1 Å². The maximum absolute atomic E-state index is 11.9. The second kappa shape index (κ2) is 19.2. The Morgan fingerprint density at radius 2 is 1.60 bits per heavy atom. The molecule has 1 N–H and O–H groups in total. The average Bonchev–Trinajstić information content (AvgIpc) is 3.55. The largest absolute Gasteiger partial charge is 2.00 e. The number of hydrogen-bond donors (Lipinski definition) is 1. The van der Waals surface area contributed by atoms with Gasteiger partial charge in [0.1, 0.15) is 0 Å². The molecule has 2 aliphatic carbocycles. The number of sulfonamides is 1. The maximum atomic E-state index is 11.9. The number of aldehydes is 1. The third kappa shape index (κ3) is 14.0. The van der Waals surface area contributed by atoms with E-state index in [0.717, 1.165) is 33.6 Å². The molecule has 2 aromatic rings. The fraction of sp³-hybridized carbons (Fsp3) is 0.500. The molecular weight excluding hydrogens is 674 g/mol. The van der Waals surface area contributed by atoms with Crippen molar-refractivity contribution in [3.63, 3.8) is 0 Å². The Labute approximate surface area is 253 Å². The van der Waals surface area contributed by atoms with Crippen molar-refractivity contribution in [2.75, 3.05) is 5.75 Å². The van der Waals surface area contributed by atoms with E-state index in [1.54, 1.807) is 31.6 Å². The molecule has 0 aliphatic heterocycles. The standard InChI is InChI=1S/C13H19BrN2O2S.C6H4BrNO.C5H9.BrH.Mg/c1-2-19(17,18)16-13(10-5-3-4-6-10)11-7-12(14)9-15-8-11;7-6-1-5(4-9)2-8-3-6;1-2-4-5-3-1;;/h7-10,13,16H,2-6H2,1H3;1-4H;1H,2-5H2;1H;/q;;-1;;+2/p-1. The molecule has 2 saturated carbocycles. The molecule has 0 radical (unpaired) electrons. The van der Waals surface area contributed by atoms with Crippen molar-refractivity contribution >= 4 is 71.2 Å². The first-order valence-electron chi connectivity index (χ1n) is 11.3. The van der Waals surface area contributed by atoms with Gasteiger partial charge in [0.2, 0.25) is 10.0 Å². The fourth-order valence-electron chi connectivity index (χ4n) is 3.82. The Hall–Kier alpha value is 0.0862. The number of carbonyl (C=O) groups is 1. The minimum absolute atomic E-state index is 0. The summed E-state index contributed by atoms with van der Waals surface area (Å²) in [6.07, 6.45) is 19.9. The normalized spacial score (nSPS) is 15.9. The van der Waals surface area contributed by atoms with Crippen LogP contribution in [0.25, 0.3) is 0 Å². The van der Waals surface area contributed by atoms with Crippen LogP contribution in [0.15, 0.2) is 45.9 Å². The summed E-state index contributed by atoms with van der Waals surface area (Å²) >= 11 is 6.58. The van der Waals surface area contributed by atoms with Crippen LogP contribution in [-0.4, -0.2) is 53.5 Å². The van der Waals surface area contributed by atoms with Crippen molar-refractivity contribution in [2.45, 2.75) is 64.3 Å². The Bertz CT molecular complexity index is 966. The Morgan fingerprint density at radius 3 is 2.03 bits per heavy atom. The van der Waals surface area contributed by atoms with Crippen LogP contribution in [0.3, 0.4) is 0 Å². The first-order chi connectivity index (χ1) is 15.8. The van der Waals surface area contributed by atoms with Crippen molar-refractivity contribution < 1.29 is 30.2 Å². The summed E-state index contributed by atoms with van der Waals surface area (Å²) in [4.78, 5) is 18.0. The number of nitrogens with zero attached hydrogens (tertiary/aromatic N) is 2. The van der Waals surface area contributed by atoms with E-state index in [2.05, 4.69) is 53.0 Å². The molecule has 190 valence electrons. The summed E-state index contributed by atoms with van der Waals surface area (Å²) in [7, 11) is -3.21. The van der Waals surface area contributed by atoms with Crippen LogP contribution in [0.5, 0.6) is 0 Å². The zero-order chi connectivity index (χ0) is 24.1. The second-order valence-corrected chi connectivity index (χ2v) is 12.0. The van der Waals surface area contributed by atoms with E-state index in [1.165, 1.54) is 44.7 Å². The number of pyridine rings is 2. The topological polar surface area (TPSA) is 89.0 Å². The molecule has 2 aromatic heterocycles. The van der Waals surface area contributed by atoms with Gasteiger partial charge in [-0.25, -0.2) is 13.1 Å². The van der Waals surface area contributed by atoms with Crippen LogP contribution < -0.4 is 21.7 Å². The molecule has 0 bridgehead atoms. The molecule has 2 fully saturated rings. The van der Waals surface area contributed by atoms with Crippen LogP contribution in [0, 0.1) is 12.3 Å². The van der Waals surface area contributed by atoms with Gasteiger partial charge in [0.25, 0.3) is 0 Å². The minimum atomic E-state index is -3.21. The van der Waals surface area contributed by atoms with Crippen LogP contribution in [0.1, 0.15) is 80.3 Å². The molecule has 6 nitrogen and oxygen atoms in total. The summed E-state index contributed by atoms with van der Waals surface area (Å²) in [5.41, 5.74) is 1.53. The van der Waals surface area contributed by atoms with E-state index in [1.807, 2.05) is 6.07 Å². The van der Waals surface area contributed by atoms with E-state index < -0.39 is 10.0 Å². The number of halogens is 3. The smallest absolute Gasteiger partial charge is 1.00 e. The minimum Gasteiger partial charge on any atom is -1.00 e. The zero-order valence-electron chi connectivity index (χ0n) is 20.0.